The molecule has 1 fully saturated rings. The van der Waals surface area contributed by atoms with Crippen LogP contribution >= 0.6 is 15.9 Å². The molecule has 1 saturated carbocycles. The van der Waals surface area contributed by atoms with Crippen molar-refractivity contribution in [2.24, 2.45) is 0 Å². The first-order valence-electron chi connectivity index (χ1n) is 4.50. The number of hydrogen-bond acceptors (Lipinski definition) is 2. The van der Waals surface area contributed by atoms with Crippen LogP contribution in [-0.2, 0) is 5.41 Å². The van der Waals surface area contributed by atoms with E-state index in [4.69, 9.17) is 5.26 Å². The third-order valence-corrected chi connectivity index (χ3v) is 3.42. The number of halogens is 1. The molecule has 1 aromatic carbocycles. The fourth-order valence-electron chi connectivity index (χ4n) is 1.81. The number of nitriles is 1. The van der Waals surface area contributed by atoms with E-state index in [1.54, 1.807) is 0 Å². The molecule has 0 saturated heterocycles. The summed E-state index contributed by atoms with van der Waals surface area (Å²) in [6.07, 6.45) is 1.71. The Kier molecular flexibility index (Phi) is 2.04. The zero-order chi connectivity index (χ0) is 10.3. The molecule has 2 nitrogen and oxygen atoms in total. The maximum absolute atomic E-state index is 9.89. The van der Waals surface area contributed by atoms with Gasteiger partial charge in [0.2, 0.25) is 0 Å². The minimum Gasteiger partial charge on any atom is -0.506 e. The van der Waals surface area contributed by atoms with Gasteiger partial charge in [-0.05, 0) is 47.3 Å². The van der Waals surface area contributed by atoms with Crippen molar-refractivity contribution in [3.63, 3.8) is 0 Å². The molecular formula is C11H10BrNO. The van der Waals surface area contributed by atoms with Gasteiger partial charge in [-0.1, -0.05) is 6.07 Å². The van der Waals surface area contributed by atoms with Crippen LogP contribution in [-0.4, -0.2) is 5.11 Å². The average molecular weight is 252 g/mol. The third kappa shape index (κ3) is 1.22. The summed E-state index contributed by atoms with van der Waals surface area (Å²) in [7, 11) is 0. The Morgan fingerprint density at radius 1 is 1.50 bits per heavy atom. The highest BCUT2D eigenvalue weighted by Crippen LogP contribution is 2.53. The van der Waals surface area contributed by atoms with Crippen LogP contribution in [0.2, 0.25) is 0 Å². The molecule has 0 radical (unpaired) electrons. The molecule has 0 aliphatic heterocycles. The molecule has 0 spiro atoms. The smallest absolute Gasteiger partial charge is 0.134 e. The van der Waals surface area contributed by atoms with Crippen molar-refractivity contribution in [1.82, 2.24) is 0 Å². The van der Waals surface area contributed by atoms with Gasteiger partial charge in [0.25, 0.3) is 0 Å². The minimum absolute atomic E-state index is 0.226. The van der Waals surface area contributed by atoms with Crippen LogP contribution in [0.4, 0.5) is 0 Å². The second-order valence-corrected chi connectivity index (χ2v) is 4.64. The van der Waals surface area contributed by atoms with E-state index in [1.165, 1.54) is 0 Å². The zero-order valence-corrected chi connectivity index (χ0v) is 9.43. The molecule has 1 aromatic rings. The number of phenolic OH excluding ortho intramolecular Hbond substituents is 1. The monoisotopic (exact) mass is 251 g/mol. The maximum Gasteiger partial charge on any atom is 0.134 e. The summed E-state index contributed by atoms with van der Waals surface area (Å²) in [4.78, 5) is 0. The lowest BCUT2D eigenvalue weighted by atomic mass is 9.92. The van der Waals surface area contributed by atoms with Crippen LogP contribution < -0.4 is 0 Å². The maximum atomic E-state index is 9.89. The lowest BCUT2D eigenvalue weighted by Crippen LogP contribution is -2.05. The summed E-state index contributed by atoms with van der Waals surface area (Å²) in [6, 6.07) is 6.03. The van der Waals surface area contributed by atoms with Crippen molar-refractivity contribution >= 4 is 15.9 Å². The van der Waals surface area contributed by atoms with Crippen molar-refractivity contribution < 1.29 is 5.11 Å². The van der Waals surface area contributed by atoms with Gasteiger partial charge in [-0.25, -0.2) is 0 Å². The lowest BCUT2D eigenvalue weighted by molar-refractivity contribution is 0.460. The molecule has 3 heteroatoms. The standard InChI is InChI=1S/C11H10BrNO/c1-7-2-3-8(12)10(14)9(7)11(6-13)4-5-11/h2-3,14H,4-5H2,1H3. The molecule has 1 aliphatic carbocycles. The summed E-state index contributed by atoms with van der Waals surface area (Å²) >= 11 is 3.27. The van der Waals surface area contributed by atoms with Crippen LogP contribution in [0.1, 0.15) is 24.0 Å². The van der Waals surface area contributed by atoms with E-state index in [0.29, 0.717) is 4.47 Å². The molecule has 0 unspecified atom stereocenters. The van der Waals surface area contributed by atoms with Gasteiger partial charge in [0.05, 0.1) is 16.0 Å². The van der Waals surface area contributed by atoms with E-state index >= 15 is 0 Å². The van der Waals surface area contributed by atoms with E-state index in [-0.39, 0.29) is 5.75 Å². The summed E-state index contributed by atoms with van der Waals surface area (Å²) in [6.45, 7) is 1.93. The SMILES string of the molecule is Cc1ccc(Br)c(O)c1C1(C#N)CC1. The molecular weight excluding hydrogens is 242 g/mol. The van der Waals surface area contributed by atoms with Gasteiger partial charge in [0.1, 0.15) is 5.75 Å². The largest absolute Gasteiger partial charge is 0.506 e. The first-order valence-corrected chi connectivity index (χ1v) is 5.30. The quantitative estimate of drug-likeness (QED) is 0.834. The Bertz CT molecular complexity index is 430. The number of nitrogens with zero attached hydrogens (tertiary/aromatic N) is 1. The van der Waals surface area contributed by atoms with Gasteiger partial charge in [-0.15, -0.1) is 0 Å². The second kappa shape index (κ2) is 2.99. The molecule has 0 aromatic heterocycles. The average Bonchev–Trinajstić information content (AvgIpc) is 2.93. The lowest BCUT2D eigenvalue weighted by Gasteiger charge is -2.13. The predicted octanol–water partition coefficient (Wildman–Crippen LogP) is 3.02. The van der Waals surface area contributed by atoms with Gasteiger partial charge in [0.15, 0.2) is 0 Å². The number of phenols is 1. The Balaban J connectivity index is 2.64. The topological polar surface area (TPSA) is 44.0 Å². The Hall–Kier alpha value is -1.01. The van der Waals surface area contributed by atoms with Crippen molar-refractivity contribution in [1.29, 1.82) is 5.26 Å². The number of benzene rings is 1. The fourth-order valence-corrected chi connectivity index (χ4v) is 2.14. The molecule has 0 atom stereocenters. The fraction of sp³-hybridized carbons (Fsp3) is 0.364. The molecule has 0 amide bonds. The molecule has 1 aliphatic rings. The van der Waals surface area contributed by atoms with Crippen molar-refractivity contribution in [3.8, 4) is 11.8 Å². The van der Waals surface area contributed by atoms with Crippen molar-refractivity contribution in [2.45, 2.75) is 25.2 Å². The van der Waals surface area contributed by atoms with Crippen molar-refractivity contribution in [2.75, 3.05) is 0 Å². The van der Waals surface area contributed by atoms with E-state index in [1.807, 2.05) is 19.1 Å². The second-order valence-electron chi connectivity index (χ2n) is 3.78. The highest BCUT2D eigenvalue weighted by Gasteiger charge is 2.47. The van der Waals surface area contributed by atoms with Crippen LogP contribution in [0.5, 0.6) is 5.75 Å². The molecule has 72 valence electrons. The van der Waals surface area contributed by atoms with Gasteiger partial charge < -0.3 is 5.11 Å². The highest BCUT2D eigenvalue weighted by atomic mass is 79.9. The van der Waals surface area contributed by atoms with Crippen LogP contribution in [0.15, 0.2) is 16.6 Å². The predicted molar refractivity (Wildman–Crippen MR) is 57.1 cm³/mol. The van der Waals surface area contributed by atoms with E-state index in [9.17, 15) is 5.11 Å². The molecule has 1 N–H and O–H groups in total. The van der Waals surface area contributed by atoms with Gasteiger partial charge in [0, 0.05) is 5.56 Å². The molecule has 0 heterocycles. The van der Waals surface area contributed by atoms with Crippen LogP contribution in [0.25, 0.3) is 0 Å². The van der Waals surface area contributed by atoms with E-state index < -0.39 is 5.41 Å². The normalized spacial score (nSPS) is 17.5. The highest BCUT2D eigenvalue weighted by molar-refractivity contribution is 9.10. The first kappa shape index (κ1) is 9.54. The van der Waals surface area contributed by atoms with Gasteiger partial charge in [-0.3, -0.25) is 0 Å². The van der Waals surface area contributed by atoms with Gasteiger partial charge in [-0.2, -0.15) is 5.26 Å². The summed E-state index contributed by atoms with van der Waals surface area (Å²) in [5, 5.41) is 19.0. The van der Waals surface area contributed by atoms with E-state index in [2.05, 4.69) is 22.0 Å². The zero-order valence-electron chi connectivity index (χ0n) is 7.84. The van der Waals surface area contributed by atoms with Gasteiger partial charge >= 0.3 is 0 Å². The van der Waals surface area contributed by atoms with Crippen molar-refractivity contribution in [3.05, 3.63) is 27.7 Å². The molecule has 14 heavy (non-hydrogen) atoms. The Labute approximate surface area is 91.3 Å². The van der Waals surface area contributed by atoms with Crippen LogP contribution in [0, 0.1) is 18.3 Å². The first-order chi connectivity index (χ1) is 6.60. The molecule has 0 bridgehead atoms. The number of aryl methyl sites for hydroxylation is 1. The number of rotatable bonds is 1. The Morgan fingerprint density at radius 2 is 2.14 bits per heavy atom. The number of aromatic hydroxyl groups is 1. The Morgan fingerprint density at radius 3 is 2.64 bits per heavy atom. The third-order valence-electron chi connectivity index (χ3n) is 2.78. The minimum atomic E-state index is -0.419. The summed E-state index contributed by atoms with van der Waals surface area (Å²) in [5.41, 5.74) is 1.37. The molecule has 2 rings (SSSR count). The summed E-state index contributed by atoms with van der Waals surface area (Å²) in [5.74, 6) is 0.226. The number of hydrogen-bond donors (Lipinski definition) is 1. The van der Waals surface area contributed by atoms with E-state index in [0.717, 1.165) is 24.0 Å². The van der Waals surface area contributed by atoms with Crippen LogP contribution in [0.3, 0.4) is 0 Å². The summed E-state index contributed by atoms with van der Waals surface area (Å²) < 4.78 is 0.666.